The van der Waals surface area contributed by atoms with Gasteiger partial charge in [0.25, 0.3) is 0 Å². The number of hydrogen-bond donors (Lipinski definition) is 2. The average Bonchev–Trinajstić information content (AvgIpc) is 2.42. The summed E-state index contributed by atoms with van der Waals surface area (Å²) in [4.78, 5) is 12.0. The molecule has 6 heteroatoms. The van der Waals surface area contributed by atoms with Crippen LogP contribution in [0.2, 0.25) is 0 Å². The van der Waals surface area contributed by atoms with E-state index in [-0.39, 0.29) is 13.2 Å². The number of sulfone groups is 1. The Morgan fingerprint density at radius 1 is 1.29 bits per heavy atom. The molecule has 21 heavy (non-hydrogen) atoms. The van der Waals surface area contributed by atoms with Crippen LogP contribution in [0.3, 0.4) is 0 Å². The van der Waals surface area contributed by atoms with Crippen molar-refractivity contribution in [2.75, 3.05) is 12.9 Å². The summed E-state index contributed by atoms with van der Waals surface area (Å²) in [7, 11) is -3.48. The van der Waals surface area contributed by atoms with Crippen LogP contribution < -0.4 is 5.32 Å². The van der Waals surface area contributed by atoms with E-state index in [0.717, 1.165) is 17.4 Å². The third-order valence-corrected chi connectivity index (χ3v) is 5.23. The smallest absolute Gasteiger partial charge is 0.241 e. The first kappa shape index (κ1) is 17.2. The van der Waals surface area contributed by atoms with Gasteiger partial charge in [0.05, 0.1) is 0 Å². The van der Waals surface area contributed by atoms with Gasteiger partial charge in [-0.25, -0.2) is 8.42 Å². The quantitative estimate of drug-likeness (QED) is 0.792. The van der Waals surface area contributed by atoms with Crippen molar-refractivity contribution >= 4 is 15.7 Å². The molecule has 0 heterocycles. The standard InChI is InChI=1S/C15H19NO4S/c1-15(2,21(3,19)20)14(18)16-11-13-8-6-12(7-9-13)5-4-10-17/h6-9,17H,10-11H2,1-3H3,(H,16,18). The maximum Gasteiger partial charge on any atom is 0.241 e. The van der Waals surface area contributed by atoms with E-state index in [1.807, 2.05) is 0 Å². The lowest BCUT2D eigenvalue weighted by atomic mass is 10.1. The highest BCUT2D eigenvalue weighted by molar-refractivity contribution is 7.92. The lowest BCUT2D eigenvalue weighted by Gasteiger charge is -2.21. The summed E-state index contributed by atoms with van der Waals surface area (Å²) in [5.74, 6) is 4.77. The molecule has 0 bridgehead atoms. The lowest BCUT2D eigenvalue weighted by Crippen LogP contribution is -2.47. The minimum Gasteiger partial charge on any atom is -0.384 e. The molecule has 0 unspecified atom stereocenters. The SMILES string of the molecule is CC(C)(C(=O)NCc1ccc(C#CCO)cc1)S(C)(=O)=O. The monoisotopic (exact) mass is 309 g/mol. The molecule has 0 spiro atoms. The third-order valence-electron chi connectivity index (χ3n) is 3.19. The molecular weight excluding hydrogens is 290 g/mol. The van der Waals surface area contributed by atoms with Crippen molar-refractivity contribution in [2.45, 2.75) is 25.1 Å². The highest BCUT2D eigenvalue weighted by Crippen LogP contribution is 2.15. The minimum absolute atomic E-state index is 0.196. The summed E-state index contributed by atoms with van der Waals surface area (Å²) in [6.45, 7) is 2.81. The van der Waals surface area contributed by atoms with Crippen molar-refractivity contribution in [3.63, 3.8) is 0 Å². The van der Waals surface area contributed by atoms with Crippen LogP contribution in [0.25, 0.3) is 0 Å². The second-order valence-corrected chi connectivity index (χ2v) is 7.69. The predicted octanol–water partition coefficient (Wildman–Crippen LogP) is 0.470. The van der Waals surface area contributed by atoms with Crippen LogP contribution in [-0.4, -0.2) is 37.0 Å². The van der Waals surface area contributed by atoms with Gasteiger partial charge in [-0.15, -0.1) is 0 Å². The number of carbonyl (C=O) groups is 1. The molecule has 1 amide bonds. The third kappa shape index (κ3) is 4.59. The van der Waals surface area contributed by atoms with Gasteiger partial charge in [0.15, 0.2) is 9.84 Å². The molecule has 0 saturated carbocycles. The second kappa shape index (κ2) is 6.74. The molecule has 1 aromatic carbocycles. The highest BCUT2D eigenvalue weighted by atomic mass is 32.2. The second-order valence-electron chi connectivity index (χ2n) is 5.12. The Morgan fingerprint density at radius 3 is 2.33 bits per heavy atom. The molecule has 0 saturated heterocycles. The van der Waals surface area contributed by atoms with Crippen molar-refractivity contribution in [3.8, 4) is 11.8 Å². The molecule has 0 radical (unpaired) electrons. The number of amides is 1. The fourth-order valence-electron chi connectivity index (χ4n) is 1.41. The molecule has 0 aliphatic rings. The van der Waals surface area contributed by atoms with Crippen LogP contribution >= 0.6 is 0 Å². The van der Waals surface area contributed by atoms with E-state index in [1.165, 1.54) is 13.8 Å². The summed E-state index contributed by atoms with van der Waals surface area (Å²) < 4.78 is 21.6. The number of nitrogens with one attached hydrogen (secondary N) is 1. The molecule has 0 aromatic heterocycles. The summed E-state index contributed by atoms with van der Waals surface area (Å²) >= 11 is 0. The number of carbonyl (C=O) groups excluding carboxylic acids is 1. The van der Waals surface area contributed by atoms with E-state index in [4.69, 9.17) is 5.11 Å². The van der Waals surface area contributed by atoms with Gasteiger partial charge in [0, 0.05) is 18.4 Å². The largest absolute Gasteiger partial charge is 0.384 e. The highest BCUT2D eigenvalue weighted by Gasteiger charge is 2.38. The first-order valence-electron chi connectivity index (χ1n) is 6.35. The number of hydrogen-bond acceptors (Lipinski definition) is 4. The van der Waals surface area contributed by atoms with Gasteiger partial charge < -0.3 is 10.4 Å². The summed E-state index contributed by atoms with van der Waals surface area (Å²) in [6, 6.07) is 7.11. The molecule has 0 aliphatic carbocycles. The predicted molar refractivity (Wildman–Crippen MR) is 81.2 cm³/mol. The van der Waals surface area contributed by atoms with E-state index in [0.29, 0.717) is 0 Å². The fraction of sp³-hybridized carbons (Fsp3) is 0.400. The van der Waals surface area contributed by atoms with Gasteiger partial charge in [0.1, 0.15) is 11.4 Å². The van der Waals surface area contributed by atoms with Gasteiger partial charge in [-0.2, -0.15) is 0 Å². The van der Waals surface area contributed by atoms with Crippen molar-refractivity contribution in [2.24, 2.45) is 0 Å². The lowest BCUT2D eigenvalue weighted by molar-refractivity contribution is -0.123. The van der Waals surface area contributed by atoms with Gasteiger partial charge in [-0.05, 0) is 31.5 Å². The molecule has 2 N–H and O–H groups in total. The molecule has 5 nitrogen and oxygen atoms in total. The normalized spacial score (nSPS) is 11.4. The summed E-state index contributed by atoms with van der Waals surface area (Å²) in [5, 5.41) is 11.2. The number of aliphatic hydroxyl groups excluding tert-OH is 1. The van der Waals surface area contributed by atoms with Gasteiger partial charge >= 0.3 is 0 Å². The van der Waals surface area contributed by atoms with Crippen molar-refractivity contribution < 1.29 is 18.3 Å². The van der Waals surface area contributed by atoms with Crippen LogP contribution in [0, 0.1) is 11.8 Å². The van der Waals surface area contributed by atoms with Crippen molar-refractivity contribution in [3.05, 3.63) is 35.4 Å². The zero-order chi connectivity index (χ0) is 16.1. The van der Waals surface area contributed by atoms with E-state index in [1.54, 1.807) is 24.3 Å². The van der Waals surface area contributed by atoms with Crippen LogP contribution in [0.5, 0.6) is 0 Å². The van der Waals surface area contributed by atoms with Crippen LogP contribution in [0.4, 0.5) is 0 Å². The minimum atomic E-state index is -3.48. The molecule has 1 aromatic rings. The Bertz CT molecular complexity index is 664. The first-order valence-corrected chi connectivity index (χ1v) is 8.24. The molecule has 1 rings (SSSR count). The molecule has 0 atom stereocenters. The van der Waals surface area contributed by atoms with E-state index < -0.39 is 20.5 Å². The Labute approximate surface area is 125 Å². The van der Waals surface area contributed by atoms with E-state index in [2.05, 4.69) is 17.2 Å². The zero-order valence-corrected chi connectivity index (χ0v) is 13.1. The molecular formula is C15H19NO4S. The number of aliphatic hydroxyl groups is 1. The van der Waals surface area contributed by atoms with Crippen molar-refractivity contribution in [1.29, 1.82) is 0 Å². The molecule has 0 fully saturated rings. The summed E-state index contributed by atoms with van der Waals surface area (Å²) in [6.07, 6.45) is 1.04. The Kier molecular flexibility index (Phi) is 5.53. The van der Waals surface area contributed by atoms with Crippen LogP contribution in [0.1, 0.15) is 25.0 Å². The van der Waals surface area contributed by atoms with E-state index in [9.17, 15) is 13.2 Å². The summed E-state index contributed by atoms with van der Waals surface area (Å²) in [5.41, 5.74) is 1.60. The number of benzene rings is 1. The first-order chi connectivity index (χ1) is 9.68. The fourth-order valence-corrected chi connectivity index (χ4v) is 1.82. The molecule has 114 valence electrons. The topological polar surface area (TPSA) is 83.5 Å². The van der Waals surface area contributed by atoms with E-state index >= 15 is 0 Å². The zero-order valence-electron chi connectivity index (χ0n) is 12.3. The van der Waals surface area contributed by atoms with Gasteiger partial charge in [0.2, 0.25) is 5.91 Å². The Morgan fingerprint density at radius 2 is 1.86 bits per heavy atom. The van der Waals surface area contributed by atoms with Crippen LogP contribution in [-0.2, 0) is 21.2 Å². The molecule has 0 aliphatic heterocycles. The van der Waals surface area contributed by atoms with Crippen LogP contribution in [0.15, 0.2) is 24.3 Å². The Hall–Kier alpha value is -1.84. The Balaban J connectivity index is 2.70. The van der Waals surface area contributed by atoms with Gasteiger partial charge in [-0.1, -0.05) is 24.0 Å². The maximum absolute atomic E-state index is 12.0. The van der Waals surface area contributed by atoms with Crippen molar-refractivity contribution in [1.82, 2.24) is 5.32 Å². The number of rotatable bonds is 4. The maximum atomic E-state index is 12.0. The average molecular weight is 309 g/mol. The van der Waals surface area contributed by atoms with Gasteiger partial charge in [-0.3, -0.25) is 4.79 Å².